The van der Waals surface area contributed by atoms with E-state index in [-0.39, 0.29) is 12.0 Å². The van der Waals surface area contributed by atoms with Crippen molar-refractivity contribution in [1.29, 1.82) is 0 Å². The van der Waals surface area contributed by atoms with Crippen molar-refractivity contribution in [2.45, 2.75) is 45.7 Å². The Morgan fingerprint density at radius 1 is 0.929 bits per heavy atom. The summed E-state index contributed by atoms with van der Waals surface area (Å²) in [4.78, 5) is 39.8. The van der Waals surface area contributed by atoms with Gasteiger partial charge in [-0.2, -0.15) is 5.10 Å². The predicted molar refractivity (Wildman–Crippen MR) is 158 cm³/mol. The highest BCUT2D eigenvalue weighted by Gasteiger charge is 2.22. The van der Waals surface area contributed by atoms with Gasteiger partial charge in [-0.3, -0.25) is 15.1 Å². The minimum Gasteiger partial charge on any atom is -0.465 e. The molecule has 12 heteroatoms. The number of carbonyl (C=O) groups excluding carboxylic acids is 2. The Morgan fingerprint density at radius 3 is 2.19 bits per heavy atom. The Morgan fingerprint density at radius 2 is 1.57 bits per heavy atom. The maximum Gasteiger partial charge on any atom is 0.405 e. The molecule has 0 spiro atoms. The van der Waals surface area contributed by atoms with E-state index in [9.17, 15) is 14.4 Å². The van der Waals surface area contributed by atoms with Crippen molar-refractivity contribution in [3.05, 3.63) is 90.4 Å². The Bertz CT molecular complexity index is 1530. The number of ether oxygens (including phenoxy) is 1. The summed E-state index contributed by atoms with van der Waals surface area (Å²) in [5, 5.41) is 24.0. The molecule has 5 N–H and O–H groups in total. The summed E-state index contributed by atoms with van der Waals surface area (Å²) in [5.74, 6) is 1.32. The van der Waals surface area contributed by atoms with Crippen molar-refractivity contribution in [3.63, 3.8) is 0 Å². The molecule has 42 heavy (non-hydrogen) atoms. The number of aromatic nitrogens is 3. The van der Waals surface area contributed by atoms with Gasteiger partial charge in [0.1, 0.15) is 23.4 Å². The summed E-state index contributed by atoms with van der Waals surface area (Å²) >= 11 is 0. The van der Waals surface area contributed by atoms with Crippen molar-refractivity contribution < 1.29 is 24.2 Å². The summed E-state index contributed by atoms with van der Waals surface area (Å²) in [5.41, 5.74) is 2.60. The van der Waals surface area contributed by atoms with E-state index in [4.69, 9.17) is 14.9 Å². The van der Waals surface area contributed by atoms with Gasteiger partial charge in [0.05, 0.1) is 11.4 Å². The molecule has 0 saturated heterocycles. The molecule has 2 aromatic heterocycles. The van der Waals surface area contributed by atoms with E-state index in [0.29, 0.717) is 28.7 Å². The highest BCUT2D eigenvalue weighted by Crippen LogP contribution is 2.27. The van der Waals surface area contributed by atoms with Crippen molar-refractivity contribution in [1.82, 2.24) is 25.4 Å². The molecular weight excluding hydrogens is 538 g/mol. The summed E-state index contributed by atoms with van der Waals surface area (Å²) in [6, 6.07) is 18.3. The summed E-state index contributed by atoms with van der Waals surface area (Å²) in [6.45, 7) is 7.79. The first-order valence-electron chi connectivity index (χ1n) is 13.2. The number of benzene rings is 2. The number of hydrogen-bond donors (Lipinski definition) is 5. The van der Waals surface area contributed by atoms with Crippen LogP contribution in [0.4, 0.5) is 21.1 Å². The molecule has 1 unspecified atom stereocenters. The van der Waals surface area contributed by atoms with Gasteiger partial charge in [-0.25, -0.2) is 14.3 Å². The van der Waals surface area contributed by atoms with Crippen LogP contribution in [0.3, 0.4) is 0 Å². The molecule has 0 bridgehead atoms. The second-order valence-corrected chi connectivity index (χ2v) is 10.5. The molecule has 12 nitrogen and oxygen atoms in total. The lowest BCUT2D eigenvalue weighted by atomic mass is 9.92. The van der Waals surface area contributed by atoms with E-state index in [0.717, 1.165) is 11.3 Å². The highest BCUT2D eigenvalue weighted by molar-refractivity contribution is 5.99. The molecule has 0 aliphatic rings. The molecule has 2 heterocycles. The van der Waals surface area contributed by atoms with Gasteiger partial charge in [0, 0.05) is 36.1 Å². The second-order valence-electron chi connectivity index (χ2n) is 10.5. The van der Waals surface area contributed by atoms with Gasteiger partial charge >= 0.3 is 12.1 Å². The lowest BCUT2D eigenvalue weighted by Crippen LogP contribution is -2.43. The van der Waals surface area contributed by atoms with E-state index < -0.39 is 24.1 Å². The SMILES string of the molecule is CC(NC(=O)O)C(=O)NCc1ccc(-n2nc(C(C)(C)C)cc2NC(=O)Nc2ccc(Oc3ccncc3)cc2)cc1. The monoisotopic (exact) mass is 571 g/mol. The maximum absolute atomic E-state index is 12.9. The number of urea groups is 1. The van der Waals surface area contributed by atoms with E-state index in [1.807, 2.05) is 51.1 Å². The Labute approximate surface area is 243 Å². The van der Waals surface area contributed by atoms with Crippen molar-refractivity contribution in [2.75, 3.05) is 10.6 Å². The molecule has 0 radical (unpaired) electrons. The number of carboxylic acid groups (broad SMARTS) is 1. The van der Waals surface area contributed by atoms with E-state index >= 15 is 0 Å². The summed E-state index contributed by atoms with van der Waals surface area (Å²) < 4.78 is 7.41. The zero-order valence-electron chi connectivity index (χ0n) is 23.7. The number of nitrogens with one attached hydrogen (secondary N) is 4. The minimum absolute atomic E-state index is 0.219. The Hall–Kier alpha value is -5.39. The largest absolute Gasteiger partial charge is 0.465 e. The van der Waals surface area contributed by atoms with Crippen LogP contribution in [0.15, 0.2) is 79.1 Å². The minimum atomic E-state index is -1.27. The van der Waals surface area contributed by atoms with Crippen LogP contribution in [0, 0.1) is 0 Å². The number of nitrogens with zero attached hydrogens (tertiary/aromatic N) is 3. The normalized spacial score (nSPS) is 11.7. The lowest BCUT2D eigenvalue weighted by Gasteiger charge is -2.14. The van der Waals surface area contributed by atoms with Crippen LogP contribution in [0.5, 0.6) is 11.5 Å². The highest BCUT2D eigenvalue weighted by atomic mass is 16.5. The van der Waals surface area contributed by atoms with Crippen LogP contribution in [-0.4, -0.2) is 43.9 Å². The van der Waals surface area contributed by atoms with Gasteiger partial charge in [-0.05, 0) is 61.0 Å². The lowest BCUT2D eigenvalue weighted by molar-refractivity contribution is -0.122. The van der Waals surface area contributed by atoms with Crippen LogP contribution in [0.25, 0.3) is 5.69 Å². The molecule has 0 aliphatic carbocycles. The summed E-state index contributed by atoms with van der Waals surface area (Å²) in [7, 11) is 0. The molecule has 218 valence electrons. The smallest absolute Gasteiger partial charge is 0.405 e. The van der Waals surface area contributed by atoms with E-state index in [1.165, 1.54) is 6.92 Å². The zero-order valence-corrected chi connectivity index (χ0v) is 23.7. The third kappa shape index (κ3) is 8.07. The van der Waals surface area contributed by atoms with Gasteiger partial charge in [0.2, 0.25) is 5.91 Å². The van der Waals surface area contributed by atoms with Gasteiger partial charge in [-0.15, -0.1) is 0 Å². The Balaban J connectivity index is 1.43. The maximum atomic E-state index is 12.9. The predicted octanol–water partition coefficient (Wildman–Crippen LogP) is 5.27. The van der Waals surface area contributed by atoms with Crippen LogP contribution in [-0.2, 0) is 16.8 Å². The first kappa shape index (κ1) is 29.6. The van der Waals surface area contributed by atoms with Crippen LogP contribution in [0.1, 0.15) is 39.0 Å². The molecular formula is C30H33N7O5. The number of hydrogen-bond acceptors (Lipinski definition) is 6. The topological polar surface area (TPSA) is 160 Å². The fourth-order valence-electron chi connectivity index (χ4n) is 3.81. The second kappa shape index (κ2) is 12.9. The van der Waals surface area contributed by atoms with Gasteiger partial charge < -0.3 is 25.8 Å². The molecule has 0 saturated carbocycles. The van der Waals surface area contributed by atoms with Gasteiger partial charge in [0.15, 0.2) is 0 Å². The average molecular weight is 572 g/mol. The van der Waals surface area contributed by atoms with Crippen LogP contribution < -0.4 is 26.0 Å². The van der Waals surface area contributed by atoms with Gasteiger partial charge in [-0.1, -0.05) is 32.9 Å². The zero-order chi connectivity index (χ0) is 30.3. The van der Waals surface area contributed by atoms with Crippen LogP contribution >= 0.6 is 0 Å². The number of amides is 4. The first-order chi connectivity index (χ1) is 20.0. The Kier molecular flexibility index (Phi) is 9.05. The molecule has 1 atom stereocenters. The molecule has 4 amide bonds. The van der Waals surface area contributed by atoms with Crippen molar-refractivity contribution in [3.8, 4) is 17.2 Å². The number of carbonyl (C=O) groups is 3. The van der Waals surface area contributed by atoms with E-state index in [2.05, 4.69) is 26.3 Å². The van der Waals surface area contributed by atoms with Crippen LogP contribution in [0.2, 0.25) is 0 Å². The van der Waals surface area contributed by atoms with Gasteiger partial charge in [0.25, 0.3) is 0 Å². The van der Waals surface area contributed by atoms with Crippen molar-refractivity contribution in [2.24, 2.45) is 0 Å². The fourth-order valence-corrected chi connectivity index (χ4v) is 3.81. The molecule has 0 fully saturated rings. The molecule has 4 aromatic rings. The molecule has 2 aromatic carbocycles. The number of anilines is 2. The number of pyridine rings is 1. The van der Waals surface area contributed by atoms with E-state index in [1.54, 1.807) is 53.5 Å². The molecule has 4 rings (SSSR count). The third-order valence-corrected chi connectivity index (χ3v) is 6.10. The first-order valence-corrected chi connectivity index (χ1v) is 13.2. The molecule has 0 aliphatic heterocycles. The fraction of sp³-hybridized carbons (Fsp3) is 0.233. The third-order valence-electron chi connectivity index (χ3n) is 6.10. The quantitative estimate of drug-likeness (QED) is 0.183. The van der Waals surface area contributed by atoms with Crippen molar-refractivity contribution >= 4 is 29.5 Å². The summed E-state index contributed by atoms with van der Waals surface area (Å²) in [6.07, 6.45) is 2.02. The standard InChI is InChI=1S/C30H33N7O5/c1-19(33-29(40)41)27(38)32-18-20-5-9-22(10-6-20)37-26(17-25(36-37)30(2,3)4)35-28(39)34-21-7-11-23(12-8-21)42-24-13-15-31-16-14-24/h5-17,19,33H,18H2,1-4H3,(H,32,38)(H,40,41)(H2,34,35,39). The average Bonchev–Trinajstić information content (AvgIpc) is 3.37. The number of rotatable bonds is 9.